The first-order chi connectivity index (χ1) is 8.02. The fourth-order valence-electron chi connectivity index (χ4n) is 1.18. The molecule has 1 rings (SSSR count). The van der Waals surface area contributed by atoms with Crippen molar-refractivity contribution in [2.45, 2.75) is 20.4 Å². The molecule has 0 aliphatic heterocycles. The summed E-state index contributed by atoms with van der Waals surface area (Å²) < 4.78 is 1.82. The third kappa shape index (κ3) is 3.75. The molecule has 1 aromatic rings. The van der Waals surface area contributed by atoms with E-state index in [-0.39, 0.29) is 17.1 Å². The normalized spacial score (nSPS) is 11.9. The summed E-state index contributed by atoms with van der Waals surface area (Å²) in [6.07, 6.45) is 5.09. The van der Waals surface area contributed by atoms with Crippen LogP contribution in [0.5, 0.6) is 0 Å². The van der Waals surface area contributed by atoms with Crippen LogP contribution in [0.15, 0.2) is 29.9 Å². The van der Waals surface area contributed by atoms with E-state index in [1.807, 2.05) is 4.57 Å². The summed E-state index contributed by atoms with van der Waals surface area (Å²) in [5.41, 5.74) is 0.285. The molecule has 1 aromatic heterocycles. The molecule has 0 spiro atoms. The maximum Gasteiger partial charge on any atom is 0.331 e. The molecule has 6 nitrogen and oxygen atoms in total. The SMILES string of the molecule is CC(C(=O)O)=C(C)C(=O)NCCn1ccnc1. The van der Waals surface area contributed by atoms with Gasteiger partial charge in [-0.05, 0) is 13.8 Å². The molecule has 1 heterocycles. The molecule has 0 bridgehead atoms. The van der Waals surface area contributed by atoms with Gasteiger partial charge >= 0.3 is 5.97 Å². The predicted molar refractivity (Wildman–Crippen MR) is 61.2 cm³/mol. The van der Waals surface area contributed by atoms with Crippen molar-refractivity contribution in [3.63, 3.8) is 0 Å². The molecule has 0 atom stereocenters. The molecule has 17 heavy (non-hydrogen) atoms. The summed E-state index contributed by atoms with van der Waals surface area (Å²) in [6, 6.07) is 0. The number of aliphatic carboxylic acids is 1. The molecule has 0 aliphatic carbocycles. The van der Waals surface area contributed by atoms with Gasteiger partial charge in [0.05, 0.1) is 6.33 Å². The number of rotatable bonds is 5. The van der Waals surface area contributed by atoms with Gasteiger partial charge in [-0.2, -0.15) is 0 Å². The average molecular weight is 237 g/mol. The number of aromatic nitrogens is 2. The van der Waals surface area contributed by atoms with Crippen LogP contribution in [0.1, 0.15) is 13.8 Å². The molecule has 0 fully saturated rings. The highest BCUT2D eigenvalue weighted by atomic mass is 16.4. The van der Waals surface area contributed by atoms with Crippen LogP contribution in [0.25, 0.3) is 0 Å². The molecule has 6 heteroatoms. The van der Waals surface area contributed by atoms with Gasteiger partial charge in [0, 0.05) is 36.6 Å². The first kappa shape index (κ1) is 13.0. The fourth-order valence-corrected chi connectivity index (χ4v) is 1.18. The van der Waals surface area contributed by atoms with Crippen molar-refractivity contribution in [3.8, 4) is 0 Å². The van der Waals surface area contributed by atoms with Crippen LogP contribution in [0.3, 0.4) is 0 Å². The Kier molecular flexibility index (Phi) is 4.45. The molecule has 1 amide bonds. The number of carboxylic acid groups (broad SMARTS) is 1. The van der Waals surface area contributed by atoms with Gasteiger partial charge < -0.3 is 15.0 Å². The molecular formula is C11H15N3O3. The smallest absolute Gasteiger partial charge is 0.331 e. The largest absolute Gasteiger partial charge is 0.478 e. The minimum Gasteiger partial charge on any atom is -0.478 e. The van der Waals surface area contributed by atoms with Gasteiger partial charge in [0.25, 0.3) is 0 Å². The number of nitrogens with zero attached hydrogens (tertiary/aromatic N) is 2. The van der Waals surface area contributed by atoms with Gasteiger partial charge in [-0.1, -0.05) is 0 Å². The Balaban J connectivity index is 2.45. The molecule has 0 saturated carbocycles. The van der Waals surface area contributed by atoms with E-state index in [1.165, 1.54) is 13.8 Å². The quantitative estimate of drug-likeness (QED) is 0.727. The maximum atomic E-state index is 11.6. The van der Waals surface area contributed by atoms with Crippen LogP contribution >= 0.6 is 0 Å². The highest BCUT2D eigenvalue weighted by Gasteiger charge is 2.11. The van der Waals surface area contributed by atoms with Gasteiger partial charge in [-0.3, -0.25) is 4.79 Å². The zero-order valence-corrected chi connectivity index (χ0v) is 9.80. The Hall–Kier alpha value is -2.11. The van der Waals surface area contributed by atoms with Crippen LogP contribution in [0, 0.1) is 0 Å². The molecule has 0 radical (unpaired) electrons. The number of carboxylic acids is 1. The van der Waals surface area contributed by atoms with E-state index < -0.39 is 5.97 Å². The Bertz CT molecular complexity index is 435. The fraction of sp³-hybridized carbons (Fsp3) is 0.364. The van der Waals surface area contributed by atoms with Gasteiger partial charge in [0.2, 0.25) is 5.91 Å². The molecule has 92 valence electrons. The maximum absolute atomic E-state index is 11.6. The summed E-state index contributed by atoms with van der Waals surface area (Å²) in [4.78, 5) is 26.1. The average Bonchev–Trinajstić information content (AvgIpc) is 2.79. The van der Waals surface area contributed by atoms with Crippen molar-refractivity contribution in [2.24, 2.45) is 0 Å². The van der Waals surface area contributed by atoms with E-state index in [1.54, 1.807) is 18.7 Å². The van der Waals surface area contributed by atoms with Gasteiger partial charge in [0.1, 0.15) is 0 Å². The van der Waals surface area contributed by atoms with Crippen molar-refractivity contribution in [1.29, 1.82) is 0 Å². The molecule has 0 unspecified atom stereocenters. The number of hydrogen-bond acceptors (Lipinski definition) is 3. The lowest BCUT2D eigenvalue weighted by atomic mass is 10.1. The van der Waals surface area contributed by atoms with Crippen molar-refractivity contribution in [2.75, 3.05) is 6.54 Å². The summed E-state index contributed by atoms with van der Waals surface area (Å²) in [6.45, 7) is 3.94. The summed E-state index contributed by atoms with van der Waals surface area (Å²) in [5, 5.41) is 11.4. The monoisotopic (exact) mass is 237 g/mol. The number of nitrogens with one attached hydrogen (secondary N) is 1. The Morgan fingerprint density at radius 3 is 2.59 bits per heavy atom. The molecule has 2 N–H and O–H groups in total. The van der Waals surface area contributed by atoms with Crippen molar-refractivity contribution in [3.05, 3.63) is 29.9 Å². The summed E-state index contributed by atoms with van der Waals surface area (Å²) in [7, 11) is 0. The van der Waals surface area contributed by atoms with Crippen LogP contribution in [-0.2, 0) is 16.1 Å². The zero-order chi connectivity index (χ0) is 12.8. The van der Waals surface area contributed by atoms with Gasteiger partial charge in [-0.25, -0.2) is 9.78 Å². The number of imidazole rings is 1. The first-order valence-corrected chi connectivity index (χ1v) is 5.17. The highest BCUT2D eigenvalue weighted by Crippen LogP contribution is 2.03. The molecular weight excluding hydrogens is 222 g/mol. The molecule has 0 aromatic carbocycles. The van der Waals surface area contributed by atoms with Crippen molar-refractivity contribution < 1.29 is 14.7 Å². The lowest BCUT2D eigenvalue weighted by Gasteiger charge is -2.07. The minimum absolute atomic E-state index is 0.0603. The lowest BCUT2D eigenvalue weighted by Crippen LogP contribution is -2.28. The van der Waals surface area contributed by atoms with E-state index in [0.29, 0.717) is 13.1 Å². The second-order valence-corrected chi connectivity index (χ2v) is 3.61. The van der Waals surface area contributed by atoms with Crippen LogP contribution in [0.2, 0.25) is 0 Å². The third-order valence-corrected chi connectivity index (χ3v) is 2.44. The van der Waals surface area contributed by atoms with Crippen LogP contribution in [0.4, 0.5) is 0 Å². The number of hydrogen-bond donors (Lipinski definition) is 2. The summed E-state index contributed by atoms with van der Waals surface area (Å²) >= 11 is 0. The van der Waals surface area contributed by atoms with Crippen LogP contribution in [-0.4, -0.2) is 33.1 Å². The molecule has 0 aliphatic rings. The first-order valence-electron chi connectivity index (χ1n) is 5.17. The zero-order valence-electron chi connectivity index (χ0n) is 9.80. The van der Waals surface area contributed by atoms with E-state index in [4.69, 9.17) is 5.11 Å². The van der Waals surface area contributed by atoms with Crippen molar-refractivity contribution >= 4 is 11.9 Å². The lowest BCUT2D eigenvalue weighted by molar-refractivity contribution is -0.133. The van der Waals surface area contributed by atoms with E-state index >= 15 is 0 Å². The standard InChI is InChI=1S/C11H15N3O3/c1-8(9(2)11(16)17)10(15)13-4-6-14-5-3-12-7-14/h3,5,7H,4,6H2,1-2H3,(H,13,15)(H,16,17). The Morgan fingerprint density at radius 2 is 2.06 bits per heavy atom. The predicted octanol–water partition coefficient (Wildman–Crippen LogP) is 0.420. The molecule has 0 saturated heterocycles. The highest BCUT2D eigenvalue weighted by molar-refractivity contribution is 6.01. The van der Waals surface area contributed by atoms with Crippen molar-refractivity contribution in [1.82, 2.24) is 14.9 Å². The second kappa shape index (κ2) is 5.83. The Morgan fingerprint density at radius 1 is 1.35 bits per heavy atom. The minimum atomic E-state index is -1.08. The third-order valence-electron chi connectivity index (χ3n) is 2.44. The van der Waals surface area contributed by atoms with E-state index in [0.717, 1.165) is 0 Å². The Labute approximate surface area is 99.0 Å². The summed E-state index contributed by atoms with van der Waals surface area (Å²) in [5.74, 6) is -1.43. The second-order valence-electron chi connectivity index (χ2n) is 3.61. The topological polar surface area (TPSA) is 84.2 Å². The van der Waals surface area contributed by atoms with Gasteiger partial charge in [0.15, 0.2) is 0 Å². The number of carbonyl (C=O) groups is 2. The van der Waals surface area contributed by atoms with E-state index in [9.17, 15) is 9.59 Å². The van der Waals surface area contributed by atoms with Gasteiger partial charge in [-0.15, -0.1) is 0 Å². The number of carbonyl (C=O) groups excluding carboxylic acids is 1. The van der Waals surface area contributed by atoms with E-state index in [2.05, 4.69) is 10.3 Å². The number of amides is 1. The van der Waals surface area contributed by atoms with Crippen LogP contribution < -0.4 is 5.32 Å².